The van der Waals surface area contributed by atoms with Crippen molar-refractivity contribution in [1.29, 1.82) is 0 Å². The van der Waals surface area contributed by atoms with Gasteiger partial charge in [-0.05, 0) is 13.3 Å². The lowest BCUT2D eigenvalue weighted by Crippen LogP contribution is -2.50. The quantitative estimate of drug-likeness (QED) is 0.489. The second-order valence-corrected chi connectivity index (χ2v) is 4.48. The Labute approximate surface area is 102 Å². The van der Waals surface area contributed by atoms with Crippen LogP contribution in [-0.4, -0.2) is 44.9 Å². The molecular formula is C12H22N2O3. The molecule has 5 heteroatoms. The molecule has 0 saturated carbocycles. The van der Waals surface area contributed by atoms with Gasteiger partial charge >= 0.3 is 0 Å². The average Bonchev–Trinajstić information content (AvgIpc) is 2.65. The molecule has 17 heavy (non-hydrogen) atoms. The van der Waals surface area contributed by atoms with E-state index in [9.17, 15) is 4.79 Å². The van der Waals surface area contributed by atoms with Crippen LogP contribution in [0.1, 0.15) is 13.3 Å². The van der Waals surface area contributed by atoms with Gasteiger partial charge in [0.15, 0.2) is 0 Å². The molecule has 1 aliphatic rings. The first-order chi connectivity index (χ1) is 8.11. The Morgan fingerprint density at radius 1 is 1.71 bits per heavy atom. The van der Waals surface area contributed by atoms with Crippen LogP contribution in [0.5, 0.6) is 0 Å². The van der Waals surface area contributed by atoms with E-state index in [1.54, 1.807) is 6.08 Å². The molecule has 0 aromatic rings. The maximum Gasteiger partial charge on any atom is 0.230 e. The summed E-state index contributed by atoms with van der Waals surface area (Å²) in [5.74, 6) is -0.0604. The number of rotatable bonds is 7. The zero-order valence-electron chi connectivity index (χ0n) is 10.4. The number of carbonyl (C=O) groups is 1. The topological polar surface area (TPSA) is 73.6 Å². The van der Waals surface area contributed by atoms with Crippen LogP contribution in [0.25, 0.3) is 0 Å². The lowest BCUT2D eigenvalue weighted by atomic mass is 9.85. The van der Waals surface area contributed by atoms with Gasteiger partial charge in [-0.15, -0.1) is 6.58 Å². The van der Waals surface area contributed by atoms with Gasteiger partial charge in [0, 0.05) is 12.6 Å². The summed E-state index contributed by atoms with van der Waals surface area (Å²) in [6.45, 7) is 7.90. The molecule has 1 saturated heterocycles. The normalized spacial score (nSPS) is 28.0. The van der Waals surface area contributed by atoms with Gasteiger partial charge in [0.05, 0.1) is 31.8 Å². The van der Waals surface area contributed by atoms with Crippen molar-refractivity contribution in [3.05, 3.63) is 12.7 Å². The molecule has 0 radical (unpaired) electrons. The van der Waals surface area contributed by atoms with E-state index in [1.807, 2.05) is 6.92 Å². The molecule has 0 aromatic heterocycles. The van der Waals surface area contributed by atoms with Crippen molar-refractivity contribution < 1.29 is 14.3 Å². The predicted molar refractivity (Wildman–Crippen MR) is 65.5 cm³/mol. The molecule has 0 bridgehead atoms. The molecule has 98 valence electrons. The van der Waals surface area contributed by atoms with Crippen LogP contribution in [0, 0.1) is 5.41 Å². The third-order valence-corrected chi connectivity index (χ3v) is 3.03. The zero-order chi connectivity index (χ0) is 12.7. The van der Waals surface area contributed by atoms with E-state index in [-0.39, 0.29) is 11.9 Å². The van der Waals surface area contributed by atoms with E-state index in [2.05, 4.69) is 11.9 Å². The van der Waals surface area contributed by atoms with Gasteiger partial charge in [-0.2, -0.15) is 0 Å². The van der Waals surface area contributed by atoms with Crippen molar-refractivity contribution in [1.82, 2.24) is 5.32 Å². The van der Waals surface area contributed by atoms with Gasteiger partial charge in [0.1, 0.15) is 0 Å². The lowest BCUT2D eigenvalue weighted by Gasteiger charge is -2.25. The Hall–Kier alpha value is -0.910. The van der Waals surface area contributed by atoms with Crippen LogP contribution < -0.4 is 11.1 Å². The molecule has 1 heterocycles. The van der Waals surface area contributed by atoms with Crippen LogP contribution in [0.3, 0.4) is 0 Å². The number of hydrogen-bond acceptors (Lipinski definition) is 4. The summed E-state index contributed by atoms with van der Waals surface area (Å²) < 4.78 is 10.5. The van der Waals surface area contributed by atoms with Gasteiger partial charge in [-0.3, -0.25) is 4.79 Å². The first-order valence-corrected chi connectivity index (χ1v) is 5.91. The Morgan fingerprint density at radius 3 is 3.06 bits per heavy atom. The second kappa shape index (κ2) is 6.74. The fourth-order valence-corrected chi connectivity index (χ4v) is 1.63. The summed E-state index contributed by atoms with van der Waals surface area (Å²) in [7, 11) is 0. The van der Waals surface area contributed by atoms with Crippen molar-refractivity contribution >= 4 is 5.91 Å². The molecule has 3 N–H and O–H groups in total. The summed E-state index contributed by atoms with van der Waals surface area (Å²) in [4.78, 5) is 11.9. The standard InChI is InChI=1S/C12H22N2O3/c1-3-4-6-16-7-5-14-11(15)12(2)9-17-8-10(12)13/h3,10H,1,4-9,13H2,2H3,(H,14,15). The van der Waals surface area contributed by atoms with Crippen LogP contribution in [0.2, 0.25) is 0 Å². The second-order valence-electron chi connectivity index (χ2n) is 4.48. The van der Waals surface area contributed by atoms with Crippen molar-refractivity contribution in [3.8, 4) is 0 Å². The highest BCUT2D eigenvalue weighted by Crippen LogP contribution is 2.26. The van der Waals surface area contributed by atoms with Gasteiger partial charge in [-0.1, -0.05) is 6.08 Å². The summed E-state index contributed by atoms with van der Waals surface area (Å²) in [5.41, 5.74) is 5.25. The van der Waals surface area contributed by atoms with Gasteiger partial charge in [-0.25, -0.2) is 0 Å². The van der Waals surface area contributed by atoms with E-state index >= 15 is 0 Å². The smallest absolute Gasteiger partial charge is 0.230 e. The summed E-state index contributed by atoms with van der Waals surface area (Å²) in [6.07, 6.45) is 2.62. The predicted octanol–water partition coefficient (Wildman–Crippen LogP) is 0.0591. The van der Waals surface area contributed by atoms with E-state index in [1.165, 1.54) is 0 Å². The molecule has 2 atom stereocenters. The van der Waals surface area contributed by atoms with Gasteiger partial charge in [0.2, 0.25) is 5.91 Å². The Balaban J connectivity index is 2.18. The fourth-order valence-electron chi connectivity index (χ4n) is 1.63. The molecule has 0 aliphatic carbocycles. The highest BCUT2D eigenvalue weighted by atomic mass is 16.5. The Morgan fingerprint density at radius 2 is 2.47 bits per heavy atom. The number of nitrogens with one attached hydrogen (secondary N) is 1. The maximum atomic E-state index is 11.9. The Bertz CT molecular complexity index is 270. The first-order valence-electron chi connectivity index (χ1n) is 5.91. The molecule has 1 fully saturated rings. The number of amides is 1. The van der Waals surface area contributed by atoms with Crippen molar-refractivity contribution in [2.24, 2.45) is 11.1 Å². The number of hydrogen-bond donors (Lipinski definition) is 2. The fraction of sp³-hybridized carbons (Fsp3) is 0.750. The van der Waals surface area contributed by atoms with E-state index in [0.717, 1.165) is 6.42 Å². The van der Waals surface area contributed by atoms with Crippen molar-refractivity contribution in [3.63, 3.8) is 0 Å². The van der Waals surface area contributed by atoms with Gasteiger partial charge in [0.25, 0.3) is 0 Å². The highest BCUT2D eigenvalue weighted by molar-refractivity contribution is 5.83. The zero-order valence-corrected chi connectivity index (χ0v) is 10.4. The first kappa shape index (κ1) is 14.2. The summed E-state index contributed by atoms with van der Waals surface area (Å²) in [6, 6.07) is -0.232. The molecule has 1 amide bonds. The molecular weight excluding hydrogens is 220 g/mol. The minimum atomic E-state index is -0.610. The largest absolute Gasteiger partial charge is 0.379 e. The third-order valence-electron chi connectivity index (χ3n) is 3.03. The number of carbonyl (C=O) groups excluding carboxylic acids is 1. The highest BCUT2D eigenvalue weighted by Gasteiger charge is 2.44. The molecule has 2 unspecified atom stereocenters. The third kappa shape index (κ3) is 3.80. The molecule has 5 nitrogen and oxygen atoms in total. The van der Waals surface area contributed by atoms with Gasteiger partial charge < -0.3 is 20.5 Å². The minimum Gasteiger partial charge on any atom is -0.379 e. The minimum absolute atomic E-state index is 0.0604. The van der Waals surface area contributed by atoms with E-state index in [4.69, 9.17) is 15.2 Å². The molecule has 0 aromatic carbocycles. The monoisotopic (exact) mass is 242 g/mol. The number of nitrogens with two attached hydrogens (primary N) is 1. The van der Waals surface area contributed by atoms with Crippen LogP contribution in [0.4, 0.5) is 0 Å². The molecule has 1 aliphatic heterocycles. The lowest BCUT2D eigenvalue weighted by molar-refractivity contribution is -0.130. The number of ether oxygens (including phenoxy) is 2. The SMILES string of the molecule is C=CCCOCCNC(=O)C1(C)COCC1N. The maximum absolute atomic E-state index is 11.9. The van der Waals surface area contributed by atoms with Crippen molar-refractivity contribution in [2.45, 2.75) is 19.4 Å². The van der Waals surface area contributed by atoms with E-state index < -0.39 is 5.41 Å². The molecule has 1 rings (SSSR count). The average molecular weight is 242 g/mol. The van der Waals surface area contributed by atoms with Crippen LogP contribution >= 0.6 is 0 Å². The summed E-state index contributed by atoms with van der Waals surface area (Å²) >= 11 is 0. The van der Waals surface area contributed by atoms with E-state index in [0.29, 0.717) is 33.0 Å². The Kier molecular flexibility index (Phi) is 5.61. The van der Waals surface area contributed by atoms with Crippen molar-refractivity contribution in [2.75, 3.05) is 33.0 Å². The van der Waals surface area contributed by atoms with Crippen LogP contribution in [0.15, 0.2) is 12.7 Å². The summed E-state index contributed by atoms with van der Waals surface area (Å²) in [5, 5.41) is 2.82. The van der Waals surface area contributed by atoms with Crippen LogP contribution in [-0.2, 0) is 14.3 Å². The molecule has 0 spiro atoms.